The molecule has 2 rings (SSSR count). The van der Waals surface area contributed by atoms with Crippen LogP contribution in [0.25, 0.3) is 0 Å². The molecular weight excluding hydrogens is 196 g/mol. The first-order chi connectivity index (χ1) is 7.75. The smallest absolute Gasteiger partial charge is 0.0630 e. The van der Waals surface area contributed by atoms with Crippen LogP contribution in [0.15, 0.2) is 53.5 Å². The Morgan fingerprint density at radius 1 is 1.00 bits per heavy atom. The summed E-state index contributed by atoms with van der Waals surface area (Å²) in [5.41, 5.74) is 9.69. The van der Waals surface area contributed by atoms with E-state index < -0.39 is 0 Å². The van der Waals surface area contributed by atoms with E-state index >= 15 is 0 Å². The molecule has 0 spiro atoms. The summed E-state index contributed by atoms with van der Waals surface area (Å²) in [6.07, 6.45) is 1.79. The van der Waals surface area contributed by atoms with Crippen LogP contribution in [0.3, 0.4) is 0 Å². The van der Waals surface area contributed by atoms with Crippen LogP contribution < -0.4 is 5.73 Å². The van der Waals surface area contributed by atoms with Crippen molar-refractivity contribution < 1.29 is 0 Å². The summed E-state index contributed by atoms with van der Waals surface area (Å²) in [5, 5.41) is 0. The van der Waals surface area contributed by atoms with Gasteiger partial charge < -0.3 is 5.73 Å². The first-order valence-corrected chi connectivity index (χ1v) is 5.21. The Kier molecular flexibility index (Phi) is 3.01. The van der Waals surface area contributed by atoms with Gasteiger partial charge in [0, 0.05) is 17.5 Å². The van der Waals surface area contributed by atoms with Crippen molar-refractivity contribution in [1.82, 2.24) is 0 Å². The van der Waals surface area contributed by atoms with Gasteiger partial charge in [-0.2, -0.15) is 0 Å². The predicted octanol–water partition coefficient (Wildman–Crippen LogP) is 3.33. The minimum Gasteiger partial charge on any atom is -0.398 e. The number of aryl methyl sites for hydroxylation is 1. The van der Waals surface area contributed by atoms with Crippen molar-refractivity contribution in [2.24, 2.45) is 4.99 Å². The SMILES string of the molecule is Cc1ccc(/N=C/c2ccccc2N)cc1. The summed E-state index contributed by atoms with van der Waals surface area (Å²) in [6, 6.07) is 15.8. The second-order valence-electron chi connectivity index (χ2n) is 3.72. The molecule has 2 heteroatoms. The number of rotatable bonds is 2. The van der Waals surface area contributed by atoms with Gasteiger partial charge >= 0.3 is 0 Å². The minimum absolute atomic E-state index is 0.748. The molecule has 2 nitrogen and oxygen atoms in total. The molecule has 80 valence electrons. The van der Waals surface area contributed by atoms with Crippen LogP contribution >= 0.6 is 0 Å². The molecule has 2 aromatic carbocycles. The van der Waals surface area contributed by atoms with E-state index in [1.165, 1.54) is 5.56 Å². The van der Waals surface area contributed by atoms with Crippen molar-refractivity contribution in [2.45, 2.75) is 6.92 Å². The van der Waals surface area contributed by atoms with Gasteiger partial charge in [-0.15, -0.1) is 0 Å². The summed E-state index contributed by atoms with van der Waals surface area (Å²) in [7, 11) is 0. The van der Waals surface area contributed by atoms with Gasteiger partial charge in [-0.1, -0.05) is 35.9 Å². The van der Waals surface area contributed by atoms with Crippen molar-refractivity contribution in [3.63, 3.8) is 0 Å². The molecule has 16 heavy (non-hydrogen) atoms. The van der Waals surface area contributed by atoms with E-state index in [9.17, 15) is 0 Å². The van der Waals surface area contributed by atoms with E-state index in [1.807, 2.05) is 48.5 Å². The third-order valence-electron chi connectivity index (χ3n) is 2.38. The molecule has 0 aromatic heterocycles. The highest BCUT2D eigenvalue weighted by molar-refractivity contribution is 5.88. The van der Waals surface area contributed by atoms with Crippen LogP contribution in [-0.4, -0.2) is 6.21 Å². The van der Waals surface area contributed by atoms with Gasteiger partial charge in [-0.3, -0.25) is 4.99 Å². The average Bonchev–Trinajstić information content (AvgIpc) is 2.30. The summed E-state index contributed by atoms with van der Waals surface area (Å²) in [6.45, 7) is 2.06. The van der Waals surface area contributed by atoms with Crippen LogP contribution in [0.2, 0.25) is 0 Å². The zero-order chi connectivity index (χ0) is 11.4. The molecule has 0 radical (unpaired) electrons. The maximum Gasteiger partial charge on any atom is 0.0630 e. The van der Waals surface area contributed by atoms with Gasteiger partial charge in [-0.25, -0.2) is 0 Å². The lowest BCUT2D eigenvalue weighted by Gasteiger charge is -1.98. The van der Waals surface area contributed by atoms with E-state index in [2.05, 4.69) is 11.9 Å². The van der Waals surface area contributed by atoms with Crippen molar-refractivity contribution >= 4 is 17.6 Å². The number of benzene rings is 2. The van der Waals surface area contributed by atoms with Gasteiger partial charge in [0.25, 0.3) is 0 Å². The third kappa shape index (κ3) is 2.48. The van der Waals surface area contributed by atoms with Gasteiger partial charge in [0.2, 0.25) is 0 Å². The molecule has 0 atom stereocenters. The van der Waals surface area contributed by atoms with Crippen molar-refractivity contribution in [1.29, 1.82) is 0 Å². The molecule has 0 amide bonds. The van der Waals surface area contributed by atoms with Gasteiger partial charge in [0.1, 0.15) is 0 Å². The van der Waals surface area contributed by atoms with Crippen LogP contribution in [-0.2, 0) is 0 Å². The lowest BCUT2D eigenvalue weighted by Crippen LogP contribution is -1.91. The number of para-hydroxylation sites is 1. The van der Waals surface area contributed by atoms with Crippen molar-refractivity contribution in [3.8, 4) is 0 Å². The maximum absolute atomic E-state index is 5.82. The zero-order valence-electron chi connectivity index (χ0n) is 9.22. The Bertz CT molecular complexity index is 498. The Labute approximate surface area is 95.5 Å². The molecule has 0 unspecified atom stereocenters. The number of aliphatic imine (C=N–C) groups is 1. The lowest BCUT2D eigenvalue weighted by atomic mass is 10.2. The lowest BCUT2D eigenvalue weighted by molar-refractivity contribution is 1.44. The van der Waals surface area contributed by atoms with Crippen LogP contribution in [0.5, 0.6) is 0 Å². The fourth-order valence-corrected chi connectivity index (χ4v) is 1.40. The molecule has 0 heterocycles. The summed E-state index contributed by atoms with van der Waals surface area (Å²) in [5.74, 6) is 0. The maximum atomic E-state index is 5.82. The second kappa shape index (κ2) is 4.62. The monoisotopic (exact) mass is 210 g/mol. The van der Waals surface area contributed by atoms with Crippen LogP contribution in [0.1, 0.15) is 11.1 Å². The predicted molar refractivity (Wildman–Crippen MR) is 69.3 cm³/mol. The number of nitrogen functional groups attached to an aromatic ring is 1. The number of hydrogen-bond acceptors (Lipinski definition) is 2. The first-order valence-electron chi connectivity index (χ1n) is 5.21. The minimum atomic E-state index is 0.748. The quantitative estimate of drug-likeness (QED) is 0.599. The molecule has 0 saturated carbocycles. The van der Waals surface area contributed by atoms with Gasteiger partial charge in [-0.05, 0) is 25.1 Å². The normalized spacial score (nSPS) is 10.8. The number of anilines is 1. The highest BCUT2D eigenvalue weighted by Gasteiger charge is 1.93. The van der Waals surface area contributed by atoms with E-state index in [1.54, 1.807) is 6.21 Å². The van der Waals surface area contributed by atoms with E-state index in [-0.39, 0.29) is 0 Å². The van der Waals surface area contributed by atoms with E-state index in [0.29, 0.717) is 0 Å². The molecule has 0 aliphatic heterocycles. The highest BCUT2D eigenvalue weighted by atomic mass is 14.7. The molecular formula is C14H14N2. The van der Waals surface area contributed by atoms with E-state index in [4.69, 9.17) is 5.73 Å². The van der Waals surface area contributed by atoms with Gasteiger partial charge in [0.15, 0.2) is 0 Å². The fraction of sp³-hybridized carbons (Fsp3) is 0.0714. The molecule has 2 aromatic rings. The highest BCUT2D eigenvalue weighted by Crippen LogP contribution is 2.14. The second-order valence-corrected chi connectivity index (χ2v) is 3.72. The number of nitrogens with zero attached hydrogens (tertiary/aromatic N) is 1. The van der Waals surface area contributed by atoms with E-state index in [0.717, 1.165) is 16.9 Å². The Balaban J connectivity index is 2.21. The Morgan fingerprint density at radius 2 is 1.69 bits per heavy atom. The Hall–Kier alpha value is -2.09. The average molecular weight is 210 g/mol. The summed E-state index contributed by atoms with van der Waals surface area (Å²) in [4.78, 5) is 4.37. The van der Waals surface area contributed by atoms with Crippen molar-refractivity contribution in [2.75, 3.05) is 5.73 Å². The molecule has 0 fully saturated rings. The Morgan fingerprint density at radius 3 is 2.38 bits per heavy atom. The van der Waals surface area contributed by atoms with Crippen LogP contribution in [0, 0.1) is 6.92 Å². The molecule has 0 aliphatic carbocycles. The molecule has 2 N–H and O–H groups in total. The largest absolute Gasteiger partial charge is 0.398 e. The summed E-state index contributed by atoms with van der Waals surface area (Å²) >= 11 is 0. The third-order valence-corrected chi connectivity index (χ3v) is 2.38. The number of nitrogens with two attached hydrogens (primary N) is 1. The molecule has 0 saturated heterocycles. The summed E-state index contributed by atoms with van der Waals surface area (Å²) < 4.78 is 0. The topological polar surface area (TPSA) is 38.4 Å². The zero-order valence-corrected chi connectivity index (χ0v) is 9.22. The molecule has 0 bridgehead atoms. The standard InChI is InChI=1S/C14H14N2/c1-11-6-8-13(9-7-11)16-10-12-4-2-3-5-14(12)15/h2-10H,15H2,1H3/b16-10+. The molecule has 0 aliphatic rings. The van der Waals surface area contributed by atoms with Crippen molar-refractivity contribution in [3.05, 3.63) is 59.7 Å². The van der Waals surface area contributed by atoms with Crippen LogP contribution in [0.4, 0.5) is 11.4 Å². The fourth-order valence-electron chi connectivity index (χ4n) is 1.40. The number of hydrogen-bond donors (Lipinski definition) is 1. The van der Waals surface area contributed by atoms with Gasteiger partial charge in [0.05, 0.1) is 5.69 Å². The first kappa shape index (κ1) is 10.4.